The number of carbonyl (C=O) groups is 2. The first kappa shape index (κ1) is 22.2. The molecule has 0 bridgehead atoms. The lowest BCUT2D eigenvalue weighted by Gasteiger charge is -2.27. The summed E-state index contributed by atoms with van der Waals surface area (Å²) in [4.78, 5) is 35.0. The van der Waals surface area contributed by atoms with Gasteiger partial charge in [0.25, 0.3) is 5.69 Å². The summed E-state index contributed by atoms with van der Waals surface area (Å²) in [5.41, 5.74) is 4.31. The Morgan fingerprint density at radius 3 is 2.30 bits per heavy atom. The van der Waals surface area contributed by atoms with Crippen LogP contribution >= 0.6 is 0 Å². The summed E-state index contributed by atoms with van der Waals surface area (Å²) in [7, 11) is 4.17. The standard InChI is InChI=1S/C17H25N3O7/c1-6-17(18,9-15(21)19-3)16(22)27-10(2)11-7-13(25-4)14(26-5)8-12(11)20(23)24/h7-8,10H,6,9,18H2,1-5H3,(H,19,21). The Balaban J connectivity index is 3.21. The Labute approximate surface area is 157 Å². The fourth-order valence-electron chi connectivity index (χ4n) is 2.43. The third-order valence-corrected chi connectivity index (χ3v) is 4.24. The maximum atomic E-state index is 12.5. The lowest BCUT2D eigenvalue weighted by atomic mass is 9.93. The molecule has 1 aromatic rings. The highest BCUT2D eigenvalue weighted by Gasteiger charge is 2.38. The molecule has 0 aromatic heterocycles. The highest BCUT2D eigenvalue weighted by atomic mass is 16.6. The number of esters is 1. The van der Waals surface area contributed by atoms with Gasteiger partial charge in [0.15, 0.2) is 11.5 Å². The predicted molar refractivity (Wildman–Crippen MR) is 96.6 cm³/mol. The number of nitrogens with zero attached hydrogens (tertiary/aromatic N) is 1. The molecule has 0 aliphatic rings. The first-order valence-corrected chi connectivity index (χ1v) is 8.24. The number of nitrogens with one attached hydrogen (secondary N) is 1. The van der Waals surface area contributed by atoms with Gasteiger partial charge in [0.05, 0.1) is 37.2 Å². The number of hydrogen-bond acceptors (Lipinski definition) is 8. The zero-order valence-electron chi connectivity index (χ0n) is 16.0. The molecular formula is C17H25N3O7. The number of nitro groups is 1. The monoisotopic (exact) mass is 383 g/mol. The summed E-state index contributed by atoms with van der Waals surface area (Å²) in [6, 6.07) is 2.57. The second kappa shape index (κ2) is 9.17. The Morgan fingerprint density at radius 2 is 1.85 bits per heavy atom. The number of hydrogen-bond donors (Lipinski definition) is 2. The van der Waals surface area contributed by atoms with E-state index in [2.05, 4.69) is 5.32 Å². The first-order valence-electron chi connectivity index (χ1n) is 8.24. The van der Waals surface area contributed by atoms with Crippen molar-refractivity contribution in [2.24, 2.45) is 5.73 Å². The molecule has 0 aliphatic carbocycles. The molecular weight excluding hydrogens is 358 g/mol. The van der Waals surface area contributed by atoms with Crippen LogP contribution in [0.1, 0.15) is 38.4 Å². The van der Waals surface area contributed by atoms with Gasteiger partial charge in [0.1, 0.15) is 11.6 Å². The van der Waals surface area contributed by atoms with Gasteiger partial charge in [-0.3, -0.25) is 19.7 Å². The number of amides is 1. The first-order chi connectivity index (χ1) is 12.6. The second-order valence-corrected chi connectivity index (χ2v) is 5.93. The van der Waals surface area contributed by atoms with Crippen LogP contribution in [0.5, 0.6) is 11.5 Å². The Morgan fingerprint density at radius 1 is 1.30 bits per heavy atom. The molecule has 0 saturated carbocycles. The molecule has 0 aliphatic heterocycles. The van der Waals surface area contributed by atoms with Crippen molar-refractivity contribution in [1.82, 2.24) is 5.32 Å². The normalized spacial score (nSPS) is 13.9. The molecule has 2 atom stereocenters. The largest absolute Gasteiger partial charge is 0.493 e. The maximum absolute atomic E-state index is 12.5. The van der Waals surface area contributed by atoms with Gasteiger partial charge in [-0.05, 0) is 19.4 Å². The summed E-state index contributed by atoms with van der Waals surface area (Å²) >= 11 is 0. The highest BCUT2D eigenvalue weighted by molar-refractivity contribution is 5.88. The van der Waals surface area contributed by atoms with E-state index in [9.17, 15) is 19.7 Å². The zero-order chi connectivity index (χ0) is 20.8. The van der Waals surface area contributed by atoms with E-state index in [-0.39, 0.29) is 35.6 Å². The summed E-state index contributed by atoms with van der Waals surface area (Å²) in [6.45, 7) is 3.12. The number of rotatable bonds is 9. The van der Waals surface area contributed by atoms with Crippen molar-refractivity contribution in [3.05, 3.63) is 27.8 Å². The van der Waals surface area contributed by atoms with Crippen LogP contribution in [-0.4, -0.2) is 43.6 Å². The quantitative estimate of drug-likeness (QED) is 0.370. The number of nitrogens with two attached hydrogens (primary N) is 1. The van der Waals surface area contributed by atoms with Gasteiger partial charge in [-0.15, -0.1) is 0 Å². The molecule has 10 heteroatoms. The van der Waals surface area contributed by atoms with Crippen LogP contribution in [-0.2, 0) is 14.3 Å². The third-order valence-electron chi connectivity index (χ3n) is 4.24. The van der Waals surface area contributed by atoms with Crippen molar-refractivity contribution in [2.45, 2.75) is 38.3 Å². The molecule has 3 N–H and O–H groups in total. The van der Waals surface area contributed by atoms with Crippen molar-refractivity contribution in [3.63, 3.8) is 0 Å². The molecule has 1 aromatic carbocycles. The predicted octanol–water partition coefficient (Wildman–Crippen LogP) is 1.46. The summed E-state index contributed by atoms with van der Waals surface area (Å²) in [5.74, 6) is -0.820. The van der Waals surface area contributed by atoms with Gasteiger partial charge in [-0.2, -0.15) is 0 Å². The molecule has 2 unspecified atom stereocenters. The van der Waals surface area contributed by atoms with E-state index in [1.54, 1.807) is 6.92 Å². The smallest absolute Gasteiger partial charge is 0.327 e. The molecule has 0 radical (unpaired) electrons. The lowest BCUT2D eigenvalue weighted by molar-refractivity contribution is -0.386. The van der Waals surface area contributed by atoms with Gasteiger partial charge < -0.3 is 25.3 Å². The summed E-state index contributed by atoms with van der Waals surface area (Å²) < 4.78 is 15.6. The van der Waals surface area contributed by atoms with Crippen LogP contribution in [0.15, 0.2) is 12.1 Å². The minimum Gasteiger partial charge on any atom is -0.493 e. The highest BCUT2D eigenvalue weighted by Crippen LogP contribution is 2.38. The number of carbonyl (C=O) groups excluding carboxylic acids is 2. The van der Waals surface area contributed by atoms with E-state index in [0.717, 1.165) is 0 Å². The Bertz CT molecular complexity index is 723. The molecule has 1 rings (SSSR count). The van der Waals surface area contributed by atoms with Gasteiger partial charge in [-0.1, -0.05) is 6.92 Å². The molecule has 1 amide bonds. The number of ether oxygens (including phenoxy) is 3. The molecule has 0 spiro atoms. The number of benzene rings is 1. The van der Waals surface area contributed by atoms with E-state index in [4.69, 9.17) is 19.9 Å². The van der Waals surface area contributed by atoms with Crippen LogP contribution in [0.25, 0.3) is 0 Å². The van der Waals surface area contributed by atoms with Crippen LogP contribution in [0, 0.1) is 10.1 Å². The van der Waals surface area contributed by atoms with Crippen LogP contribution in [0.2, 0.25) is 0 Å². The Kier molecular flexibility index (Phi) is 7.53. The molecule has 0 saturated heterocycles. The van der Waals surface area contributed by atoms with Gasteiger partial charge in [-0.25, -0.2) is 0 Å². The second-order valence-electron chi connectivity index (χ2n) is 5.93. The minimum absolute atomic E-state index is 0.115. The van der Waals surface area contributed by atoms with E-state index < -0.39 is 28.4 Å². The van der Waals surface area contributed by atoms with Crippen molar-refractivity contribution < 1.29 is 28.7 Å². The van der Waals surface area contributed by atoms with Gasteiger partial charge >= 0.3 is 5.97 Å². The van der Waals surface area contributed by atoms with Crippen LogP contribution in [0.3, 0.4) is 0 Å². The van der Waals surface area contributed by atoms with Crippen molar-refractivity contribution in [2.75, 3.05) is 21.3 Å². The van der Waals surface area contributed by atoms with Gasteiger partial charge in [0.2, 0.25) is 5.91 Å². The Hall–Kier alpha value is -2.88. The maximum Gasteiger partial charge on any atom is 0.327 e. The lowest BCUT2D eigenvalue weighted by Crippen LogP contribution is -2.51. The van der Waals surface area contributed by atoms with Crippen molar-refractivity contribution >= 4 is 17.6 Å². The molecule has 0 heterocycles. The molecule has 10 nitrogen and oxygen atoms in total. The van der Waals surface area contributed by atoms with Gasteiger partial charge in [0, 0.05) is 7.05 Å². The van der Waals surface area contributed by atoms with Crippen LogP contribution < -0.4 is 20.5 Å². The van der Waals surface area contributed by atoms with Crippen molar-refractivity contribution in [1.29, 1.82) is 0 Å². The summed E-state index contributed by atoms with van der Waals surface area (Å²) in [5, 5.41) is 13.8. The zero-order valence-corrected chi connectivity index (χ0v) is 16.0. The van der Waals surface area contributed by atoms with Crippen molar-refractivity contribution in [3.8, 4) is 11.5 Å². The SMILES string of the molecule is CCC(N)(CC(=O)NC)C(=O)OC(C)c1cc(OC)c(OC)cc1[N+](=O)[O-]. The number of methoxy groups -OCH3 is 2. The molecule has 0 fully saturated rings. The molecule has 150 valence electrons. The van der Waals surface area contributed by atoms with E-state index in [1.165, 1.54) is 40.3 Å². The topological polar surface area (TPSA) is 143 Å². The summed E-state index contributed by atoms with van der Waals surface area (Å²) in [6.07, 6.45) is -1.11. The average molecular weight is 383 g/mol. The fraction of sp³-hybridized carbons (Fsp3) is 0.529. The van der Waals surface area contributed by atoms with E-state index in [1.807, 2.05) is 0 Å². The average Bonchev–Trinajstić information content (AvgIpc) is 2.65. The van der Waals surface area contributed by atoms with E-state index >= 15 is 0 Å². The fourth-order valence-corrected chi connectivity index (χ4v) is 2.43. The van der Waals surface area contributed by atoms with E-state index in [0.29, 0.717) is 0 Å². The third kappa shape index (κ3) is 5.07. The minimum atomic E-state index is -1.54. The number of nitro benzene ring substituents is 1. The van der Waals surface area contributed by atoms with Crippen LogP contribution in [0.4, 0.5) is 5.69 Å². The molecule has 27 heavy (non-hydrogen) atoms.